The van der Waals surface area contributed by atoms with Crippen molar-refractivity contribution in [3.8, 4) is 0 Å². The van der Waals surface area contributed by atoms with E-state index in [4.69, 9.17) is 0 Å². The number of fused-ring (bicyclic) bond motifs is 2. The number of amides is 1. The number of aliphatic carboxylic acids is 1. The normalized spacial score (nSPS) is 30.3. The van der Waals surface area contributed by atoms with Gasteiger partial charge in [-0.3, -0.25) is 9.59 Å². The Labute approximate surface area is 124 Å². The summed E-state index contributed by atoms with van der Waals surface area (Å²) in [6.45, 7) is 2.08. The highest BCUT2D eigenvalue weighted by atomic mass is 16.4. The molecule has 0 radical (unpaired) electrons. The van der Waals surface area contributed by atoms with E-state index < -0.39 is 11.9 Å². The van der Waals surface area contributed by atoms with Gasteiger partial charge in [-0.15, -0.1) is 0 Å². The lowest BCUT2D eigenvalue weighted by Gasteiger charge is -2.27. The Hall–Kier alpha value is -1.84. The molecule has 0 spiro atoms. The molecule has 0 heterocycles. The fourth-order valence-electron chi connectivity index (χ4n) is 4.07. The van der Waals surface area contributed by atoms with E-state index in [9.17, 15) is 14.7 Å². The van der Waals surface area contributed by atoms with Crippen molar-refractivity contribution < 1.29 is 14.7 Å². The lowest BCUT2D eigenvalue weighted by atomic mass is 9.78. The van der Waals surface area contributed by atoms with Gasteiger partial charge in [-0.2, -0.15) is 0 Å². The lowest BCUT2D eigenvalue weighted by molar-refractivity contribution is -0.148. The summed E-state index contributed by atoms with van der Waals surface area (Å²) < 4.78 is 0. The third-order valence-electron chi connectivity index (χ3n) is 5.13. The van der Waals surface area contributed by atoms with Crippen LogP contribution in [0, 0.1) is 23.7 Å². The number of nitrogens with one attached hydrogen (secondary N) is 1. The Balaban J connectivity index is 1.73. The predicted octanol–water partition coefficient (Wildman–Crippen LogP) is 2.93. The average Bonchev–Trinajstić information content (AvgIpc) is 3.08. The monoisotopic (exact) mass is 287 g/mol. The average molecular weight is 287 g/mol. The molecule has 4 atom stereocenters. The van der Waals surface area contributed by atoms with Crippen LogP contribution in [0.15, 0.2) is 24.3 Å². The van der Waals surface area contributed by atoms with E-state index in [2.05, 4.69) is 12.2 Å². The first-order chi connectivity index (χ1) is 10.1. The highest BCUT2D eigenvalue weighted by Gasteiger charge is 2.53. The first-order valence-electron chi connectivity index (χ1n) is 7.72. The van der Waals surface area contributed by atoms with Crippen LogP contribution < -0.4 is 5.32 Å². The molecular weight excluding hydrogens is 266 g/mol. The highest BCUT2D eigenvalue weighted by Crippen LogP contribution is 2.52. The van der Waals surface area contributed by atoms with E-state index in [1.165, 1.54) is 5.56 Å². The lowest BCUT2D eigenvalue weighted by Crippen LogP contribution is -2.37. The molecule has 0 unspecified atom stereocenters. The van der Waals surface area contributed by atoms with Gasteiger partial charge in [0.1, 0.15) is 0 Å². The minimum atomic E-state index is -0.816. The first-order valence-corrected chi connectivity index (χ1v) is 7.72. The standard InChI is InChI=1S/C17H21NO3/c1-2-10-3-7-13(8-4-10)18-16(19)14-11-5-6-12(9-11)15(14)17(20)21/h3-4,7-8,11-12,14-15H,2,5-6,9H2,1H3,(H,18,19)(H,20,21)/t11-,12-,14+,15+/m0/s1. The maximum absolute atomic E-state index is 12.5. The van der Waals surface area contributed by atoms with Gasteiger partial charge in [0.25, 0.3) is 0 Å². The van der Waals surface area contributed by atoms with Crippen molar-refractivity contribution in [2.75, 3.05) is 5.32 Å². The minimum absolute atomic E-state index is 0.126. The number of rotatable bonds is 4. The van der Waals surface area contributed by atoms with Crippen LogP contribution in [-0.4, -0.2) is 17.0 Å². The molecule has 4 heteroatoms. The molecule has 2 bridgehead atoms. The quantitative estimate of drug-likeness (QED) is 0.894. The number of carbonyl (C=O) groups is 2. The number of aryl methyl sites for hydroxylation is 1. The van der Waals surface area contributed by atoms with Crippen molar-refractivity contribution in [2.24, 2.45) is 23.7 Å². The molecule has 21 heavy (non-hydrogen) atoms. The maximum Gasteiger partial charge on any atom is 0.307 e. The van der Waals surface area contributed by atoms with Gasteiger partial charge >= 0.3 is 5.97 Å². The molecule has 2 saturated carbocycles. The Morgan fingerprint density at radius 3 is 2.33 bits per heavy atom. The van der Waals surface area contributed by atoms with Gasteiger partial charge in [0.15, 0.2) is 0 Å². The third-order valence-corrected chi connectivity index (χ3v) is 5.13. The molecule has 0 aliphatic heterocycles. The number of carboxylic acid groups (broad SMARTS) is 1. The van der Waals surface area contributed by atoms with Crippen LogP contribution in [0.5, 0.6) is 0 Å². The molecular formula is C17H21NO3. The number of hydrogen-bond acceptors (Lipinski definition) is 2. The third kappa shape index (κ3) is 2.55. The second-order valence-corrected chi connectivity index (χ2v) is 6.26. The van der Waals surface area contributed by atoms with Gasteiger partial charge in [-0.05, 0) is 55.2 Å². The largest absolute Gasteiger partial charge is 0.481 e. The van der Waals surface area contributed by atoms with Crippen molar-refractivity contribution in [2.45, 2.75) is 32.6 Å². The van der Waals surface area contributed by atoms with Gasteiger partial charge < -0.3 is 10.4 Å². The fraction of sp³-hybridized carbons (Fsp3) is 0.529. The predicted molar refractivity (Wildman–Crippen MR) is 79.9 cm³/mol. The van der Waals surface area contributed by atoms with Gasteiger partial charge in [0.2, 0.25) is 5.91 Å². The molecule has 1 amide bonds. The van der Waals surface area contributed by atoms with Crippen molar-refractivity contribution >= 4 is 17.6 Å². The zero-order chi connectivity index (χ0) is 15.0. The van der Waals surface area contributed by atoms with Crippen LogP contribution in [-0.2, 0) is 16.0 Å². The van der Waals surface area contributed by atoms with Crippen LogP contribution in [0.2, 0.25) is 0 Å². The molecule has 1 aromatic rings. The first kappa shape index (κ1) is 14.1. The van der Waals surface area contributed by atoms with E-state index in [-0.39, 0.29) is 23.7 Å². The zero-order valence-corrected chi connectivity index (χ0v) is 12.2. The van der Waals surface area contributed by atoms with Crippen LogP contribution in [0.3, 0.4) is 0 Å². The van der Waals surface area contributed by atoms with Gasteiger partial charge in [-0.25, -0.2) is 0 Å². The summed E-state index contributed by atoms with van der Waals surface area (Å²) in [6.07, 6.45) is 3.80. The highest BCUT2D eigenvalue weighted by molar-refractivity contribution is 5.96. The Morgan fingerprint density at radius 1 is 1.14 bits per heavy atom. The SMILES string of the molecule is CCc1ccc(NC(=O)[C@@H]2[C@H]3CC[C@@H](C3)[C@H]2C(=O)O)cc1. The van der Waals surface area contributed by atoms with E-state index in [1.807, 2.05) is 24.3 Å². The second-order valence-electron chi connectivity index (χ2n) is 6.26. The summed E-state index contributed by atoms with van der Waals surface area (Å²) in [6, 6.07) is 7.76. The molecule has 2 N–H and O–H groups in total. The van der Waals surface area contributed by atoms with Crippen LogP contribution in [0.1, 0.15) is 31.7 Å². The Kier molecular flexibility index (Phi) is 3.70. The van der Waals surface area contributed by atoms with Crippen LogP contribution in [0.4, 0.5) is 5.69 Å². The molecule has 0 saturated heterocycles. The van der Waals surface area contributed by atoms with E-state index in [0.29, 0.717) is 0 Å². The van der Waals surface area contributed by atoms with Crippen molar-refractivity contribution in [1.82, 2.24) is 0 Å². The second kappa shape index (κ2) is 5.51. The van der Waals surface area contributed by atoms with Gasteiger partial charge in [0, 0.05) is 5.69 Å². The topological polar surface area (TPSA) is 66.4 Å². The summed E-state index contributed by atoms with van der Waals surface area (Å²) in [5.41, 5.74) is 1.97. The summed E-state index contributed by atoms with van der Waals surface area (Å²) in [7, 11) is 0. The van der Waals surface area contributed by atoms with E-state index in [0.717, 1.165) is 31.4 Å². The minimum Gasteiger partial charge on any atom is -0.481 e. The number of carbonyl (C=O) groups excluding carboxylic acids is 1. The molecule has 0 aromatic heterocycles. The zero-order valence-electron chi connectivity index (χ0n) is 12.2. The smallest absolute Gasteiger partial charge is 0.307 e. The fourth-order valence-corrected chi connectivity index (χ4v) is 4.07. The summed E-state index contributed by atoms with van der Waals surface area (Å²) in [5.74, 6) is -1.38. The Morgan fingerprint density at radius 2 is 1.76 bits per heavy atom. The number of carboxylic acids is 1. The summed E-state index contributed by atoms with van der Waals surface area (Å²) in [5, 5.41) is 12.3. The van der Waals surface area contributed by atoms with Crippen LogP contribution >= 0.6 is 0 Å². The molecule has 4 nitrogen and oxygen atoms in total. The molecule has 112 valence electrons. The molecule has 1 aromatic carbocycles. The molecule has 3 rings (SSSR count). The molecule has 2 aliphatic carbocycles. The molecule has 2 aliphatic rings. The van der Waals surface area contributed by atoms with Crippen molar-refractivity contribution in [3.05, 3.63) is 29.8 Å². The number of anilines is 1. The molecule has 2 fully saturated rings. The summed E-state index contributed by atoms with van der Waals surface area (Å²) in [4.78, 5) is 24.0. The summed E-state index contributed by atoms with van der Waals surface area (Å²) >= 11 is 0. The Bertz CT molecular complexity index is 552. The number of benzene rings is 1. The number of hydrogen-bond donors (Lipinski definition) is 2. The van der Waals surface area contributed by atoms with E-state index >= 15 is 0 Å². The van der Waals surface area contributed by atoms with Gasteiger partial charge in [0.05, 0.1) is 11.8 Å². The van der Waals surface area contributed by atoms with Crippen LogP contribution in [0.25, 0.3) is 0 Å². The van der Waals surface area contributed by atoms with E-state index in [1.54, 1.807) is 0 Å². The van der Waals surface area contributed by atoms with Crippen molar-refractivity contribution in [3.63, 3.8) is 0 Å². The van der Waals surface area contributed by atoms with Gasteiger partial charge in [-0.1, -0.05) is 19.1 Å². The van der Waals surface area contributed by atoms with Crippen molar-refractivity contribution in [1.29, 1.82) is 0 Å². The maximum atomic E-state index is 12.5.